The van der Waals surface area contributed by atoms with Gasteiger partial charge in [0.2, 0.25) is 0 Å². The third-order valence-corrected chi connectivity index (χ3v) is 1.69. The molecule has 0 bridgehead atoms. The minimum absolute atomic E-state index is 0.639. The summed E-state index contributed by atoms with van der Waals surface area (Å²) in [5.41, 5.74) is 7.30. The maximum Gasteiger partial charge on any atom is 0.122 e. The molecule has 0 amide bonds. The van der Waals surface area contributed by atoms with Crippen LogP contribution in [0.25, 0.3) is 11.4 Å². The van der Waals surface area contributed by atoms with E-state index < -0.39 is 0 Å². The van der Waals surface area contributed by atoms with Crippen molar-refractivity contribution in [1.29, 1.82) is 0 Å². The van der Waals surface area contributed by atoms with Gasteiger partial charge in [-0.15, -0.1) is 0 Å². The summed E-state index contributed by atoms with van der Waals surface area (Å²) in [6, 6.07) is 3.65. The van der Waals surface area contributed by atoms with Gasteiger partial charge in [0.1, 0.15) is 11.5 Å². The molecule has 0 fully saturated rings. The van der Waals surface area contributed by atoms with Crippen LogP contribution in [0.3, 0.4) is 0 Å². The van der Waals surface area contributed by atoms with Gasteiger partial charge >= 0.3 is 0 Å². The molecular weight excluding hydrogens is 154 g/mol. The summed E-state index contributed by atoms with van der Waals surface area (Å²) in [4.78, 5) is 0. The lowest BCUT2D eigenvalue weighted by Gasteiger charge is -1.89. The Labute approximate surface area is 69.2 Å². The summed E-state index contributed by atoms with van der Waals surface area (Å²) < 4.78 is 1.62. The summed E-state index contributed by atoms with van der Waals surface area (Å²) in [5.74, 6) is 0.639. The molecule has 0 aliphatic rings. The second-order valence-electron chi connectivity index (χ2n) is 2.55. The predicted octanol–water partition coefficient (Wildman–Crippen LogP) is 0.392. The van der Waals surface area contributed by atoms with Gasteiger partial charge in [-0.2, -0.15) is 10.2 Å². The summed E-state index contributed by atoms with van der Waals surface area (Å²) in [7, 11) is 1.80. The highest BCUT2D eigenvalue weighted by Gasteiger charge is 2.04. The van der Waals surface area contributed by atoms with E-state index in [4.69, 9.17) is 5.73 Å². The minimum Gasteiger partial charge on any atom is -0.384 e. The number of nitrogens with zero attached hydrogens (tertiary/aromatic N) is 3. The fourth-order valence-corrected chi connectivity index (χ4v) is 1.01. The molecule has 62 valence electrons. The van der Waals surface area contributed by atoms with Crippen molar-refractivity contribution >= 4 is 5.82 Å². The van der Waals surface area contributed by atoms with Gasteiger partial charge in [-0.3, -0.25) is 9.78 Å². The van der Waals surface area contributed by atoms with E-state index in [0.717, 1.165) is 11.4 Å². The first-order valence-electron chi connectivity index (χ1n) is 3.56. The Hall–Kier alpha value is -1.78. The largest absolute Gasteiger partial charge is 0.384 e. The first-order valence-corrected chi connectivity index (χ1v) is 3.56. The first kappa shape index (κ1) is 6.90. The van der Waals surface area contributed by atoms with Gasteiger partial charge < -0.3 is 5.73 Å². The van der Waals surface area contributed by atoms with Gasteiger partial charge in [-0.05, 0) is 6.07 Å². The standard InChI is InChI=1S/C7H9N5/c1-12-7(8)4-6(11-12)5-2-3-9-10-5/h2-4H,8H2,1H3,(H,9,10). The lowest BCUT2D eigenvalue weighted by Crippen LogP contribution is -1.96. The quantitative estimate of drug-likeness (QED) is 0.638. The van der Waals surface area contributed by atoms with Crippen LogP contribution in [0.2, 0.25) is 0 Å². The fraction of sp³-hybridized carbons (Fsp3) is 0.143. The molecule has 5 heteroatoms. The number of aromatic nitrogens is 4. The van der Waals surface area contributed by atoms with E-state index in [0.29, 0.717) is 5.82 Å². The molecule has 3 N–H and O–H groups in total. The van der Waals surface area contributed by atoms with E-state index >= 15 is 0 Å². The Morgan fingerprint density at radius 1 is 1.58 bits per heavy atom. The molecule has 0 saturated carbocycles. The third-order valence-electron chi connectivity index (χ3n) is 1.69. The molecule has 0 spiro atoms. The SMILES string of the molecule is Cn1nc(-c2ccn[nH]2)cc1N. The van der Waals surface area contributed by atoms with Crippen LogP contribution in [0.15, 0.2) is 18.3 Å². The van der Waals surface area contributed by atoms with Gasteiger partial charge in [0.15, 0.2) is 0 Å². The number of rotatable bonds is 1. The molecule has 0 radical (unpaired) electrons. The Morgan fingerprint density at radius 3 is 2.92 bits per heavy atom. The van der Waals surface area contributed by atoms with Crippen molar-refractivity contribution < 1.29 is 0 Å². The van der Waals surface area contributed by atoms with Gasteiger partial charge in [0.25, 0.3) is 0 Å². The number of aryl methyl sites for hydroxylation is 1. The van der Waals surface area contributed by atoms with Crippen molar-refractivity contribution in [3.63, 3.8) is 0 Å². The number of aromatic amines is 1. The van der Waals surface area contributed by atoms with Gasteiger partial charge in [-0.25, -0.2) is 0 Å². The van der Waals surface area contributed by atoms with Gasteiger partial charge in [0, 0.05) is 19.3 Å². The average molecular weight is 163 g/mol. The molecule has 0 aromatic carbocycles. The highest BCUT2D eigenvalue weighted by atomic mass is 15.3. The average Bonchev–Trinajstić information content (AvgIpc) is 2.61. The molecule has 0 unspecified atom stereocenters. The Kier molecular flexibility index (Phi) is 1.36. The number of nitrogens with two attached hydrogens (primary N) is 1. The van der Waals surface area contributed by atoms with Gasteiger partial charge in [-0.1, -0.05) is 0 Å². The topological polar surface area (TPSA) is 72.5 Å². The Bertz CT molecular complexity index is 353. The minimum atomic E-state index is 0.639. The normalized spacial score (nSPS) is 10.4. The molecule has 0 aliphatic heterocycles. The molecule has 2 heterocycles. The second kappa shape index (κ2) is 2.37. The third kappa shape index (κ3) is 0.952. The molecule has 2 aromatic rings. The molecule has 2 aromatic heterocycles. The van der Waals surface area contributed by atoms with Crippen molar-refractivity contribution in [3.05, 3.63) is 18.3 Å². The van der Waals surface area contributed by atoms with Crippen LogP contribution in [0, 0.1) is 0 Å². The summed E-state index contributed by atoms with van der Waals surface area (Å²) in [6.45, 7) is 0. The zero-order chi connectivity index (χ0) is 8.55. The van der Waals surface area contributed by atoms with E-state index in [1.807, 2.05) is 6.07 Å². The molecule has 0 atom stereocenters. The number of hydrogen-bond donors (Lipinski definition) is 2. The number of anilines is 1. The molecule has 2 rings (SSSR count). The van der Waals surface area contributed by atoms with E-state index in [2.05, 4.69) is 15.3 Å². The van der Waals surface area contributed by atoms with Crippen molar-refractivity contribution in [1.82, 2.24) is 20.0 Å². The summed E-state index contributed by atoms with van der Waals surface area (Å²) in [6.07, 6.45) is 1.68. The predicted molar refractivity (Wildman–Crippen MR) is 45.2 cm³/mol. The van der Waals surface area contributed by atoms with Crippen LogP contribution in [-0.2, 0) is 7.05 Å². The van der Waals surface area contributed by atoms with E-state index in [-0.39, 0.29) is 0 Å². The lowest BCUT2D eigenvalue weighted by molar-refractivity contribution is 0.781. The Morgan fingerprint density at radius 2 is 2.42 bits per heavy atom. The maximum atomic E-state index is 5.61. The Balaban J connectivity index is 2.48. The second-order valence-corrected chi connectivity index (χ2v) is 2.55. The maximum absolute atomic E-state index is 5.61. The van der Waals surface area contributed by atoms with Crippen molar-refractivity contribution in [2.24, 2.45) is 7.05 Å². The highest BCUT2D eigenvalue weighted by molar-refractivity contribution is 5.57. The molecule has 0 saturated heterocycles. The molecule has 0 aliphatic carbocycles. The van der Waals surface area contributed by atoms with E-state index in [1.54, 1.807) is 24.0 Å². The van der Waals surface area contributed by atoms with Crippen LogP contribution in [0.5, 0.6) is 0 Å². The zero-order valence-electron chi connectivity index (χ0n) is 6.65. The summed E-state index contributed by atoms with van der Waals surface area (Å²) in [5, 5.41) is 10.8. The number of hydrogen-bond acceptors (Lipinski definition) is 3. The fourth-order valence-electron chi connectivity index (χ4n) is 1.01. The number of nitrogens with one attached hydrogen (secondary N) is 1. The van der Waals surface area contributed by atoms with Crippen LogP contribution in [-0.4, -0.2) is 20.0 Å². The molecular formula is C7H9N5. The zero-order valence-corrected chi connectivity index (χ0v) is 6.65. The number of H-pyrrole nitrogens is 1. The smallest absolute Gasteiger partial charge is 0.122 e. The van der Waals surface area contributed by atoms with E-state index in [9.17, 15) is 0 Å². The van der Waals surface area contributed by atoms with Crippen molar-refractivity contribution in [3.8, 4) is 11.4 Å². The van der Waals surface area contributed by atoms with Crippen LogP contribution >= 0.6 is 0 Å². The van der Waals surface area contributed by atoms with E-state index in [1.165, 1.54) is 0 Å². The van der Waals surface area contributed by atoms with Crippen molar-refractivity contribution in [2.75, 3.05) is 5.73 Å². The van der Waals surface area contributed by atoms with Gasteiger partial charge in [0.05, 0.1) is 5.69 Å². The van der Waals surface area contributed by atoms with Crippen LogP contribution in [0.1, 0.15) is 0 Å². The molecule has 5 nitrogen and oxygen atoms in total. The number of nitrogen functional groups attached to an aromatic ring is 1. The summed E-state index contributed by atoms with van der Waals surface area (Å²) >= 11 is 0. The highest BCUT2D eigenvalue weighted by Crippen LogP contribution is 2.15. The first-order chi connectivity index (χ1) is 5.77. The van der Waals surface area contributed by atoms with Crippen LogP contribution < -0.4 is 5.73 Å². The van der Waals surface area contributed by atoms with Crippen LogP contribution in [0.4, 0.5) is 5.82 Å². The van der Waals surface area contributed by atoms with Crippen molar-refractivity contribution in [2.45, 2.75) is 0 Å². The monoisotopic (exact) mass is 163 g/mol. The lowest BCUT2D eigenvalue weighted by atomic mass is 10.3. The molecule has 12 heavy (non-hydrogen) atoms.